The summed E-state index contributed by atoms with van der Waals surface area (Å²) in [6.45, 7) is 6.85. The van der Waals surface area contributed by atoms with Gasteiger partial charge in [-0.2, -0.15) is 0 Å². The van der Waals surface area contributed by atoms with E-state index >= 15 is 4.39 Å². The topological polar surface area (TPSA) is 59.4 Å². The van der Waals surface area contributed by atoms with E-state index < -0.39 is 11.8 Å². The second-order valence-corrected chi connectivity index (χ2v) is 8.63. The second-order valence-electron chi connectivity index (χ2n) is 8.63. The molecule has 5 heteroatoms. The minimum atomic E-state index is -1.04. The number of benzene rings is 3. The highest BCUT2D eigenvalue weighted by molar-refractivity contribution is 6.04. The van der Waals surface area contributed by atoms with Gasteiger partial charge in [-0.15, -0.1) is 0 Å². The highest BCUT2D eigenvalue weighted by Crippen LogP contribution is 2.31. The van der Waals surface area contributed by atoms with Gasteiger partial charge in [0.15, 0.2) is 0 Å². The number of aryl methyl sites for hydroxylation is 1. The smallest absolute Gasteiger partial charge is 0.336 e. The molecule has 0 unspecified atom stereocenters. The van der Waals surface area contributed by atoms with Gasteiger partial charge in [0.1, 0.15) is 11.6 Å². The molecule has 0 radical (unpaired) electrons. The molecule has 168 valence electrons. The predicted molar refractivity (Wildman–Crippen MR) is 129 cm³/mol. The van der Waals surface area contributed by atoms with Gasteiger partial charge in [0, 0.05) is 16.5 Å². The van der Waals surface area contributed by atoms with Crippen LogP contribution in [-0.4, -0.2) is 22.7 Å². The Morgan fingerprint density at radius 2 is 1.73 bits per heavy atom. The summed E-state index contributed by atoms with van der Waals surface area (Å²) in [5.41, 5.74) is 3.80. The molecule has 1 heterocycles. The lowest BCUT2D eigenvalue weighted by molar-refractivity contribution is 0.0699. The minimum Gasteiger partial charge on any atom is -0.494 e. The normalized spacial score (nSPS) is 11.2. The molecule has 0 atom stereocenters. The van der Waals surface area contributed by atoms with Crippen molar-refractivity contribution >= 4 is 16.9 Å². The highest BCUT2D eigenvalue weighted by Gasteiger charge is 2.15. The van der Waals surface area contributed by atoms with Gasteiger partial charge < -0.3 is 9.84 Å². The maximum atomic E-state index is 15.1. The summed E-state index contributed by atoms with van der Waals surface area (Å²) in [4.78, 5) is 16.4. The first-order valence-electron chi connectivity index (χ1n) is 11.0. The average Bonchev–Trinajstić information content (AvgIpc) is 2.78. The molecule has 4 rings (SSSR count). The summed E-state index contributed by atoms with van der Waals surface area (Å²) in [7, 11) is 0. The van der Waals surface area contributed by atoms with Crippen molar-refractivity contribution in [3.05, 3.63) is 83.7 Å². The Morgan fingerprint density at radius 3 is 2.39 bits per heavy atom. The van der Waals surface area contributed by atoms with Gasteiger partial charge in [-0.3, -0.25) is 0 Å². The number of pyridine rings is 1. The van der Waals surface area contributed by atoms with Crippen molar-refractivity contribution in [3.8, 4) is 28.1 Å². The lowest BCUT2D eigenvalue weighted by Gasteiger charge is -2.11. The number of aromatic carboxylic acids is 1. The van der Waals surface area contributed by atoms with E-state index in [1.807, 2.05) is 37.3 Å². The van der Waals surface area contributed by atoms with E-state index in [4.69, 9.17) is 4.74 Å². The van der Waals surface area contributed by atoms with Crippen LogP contribution in [0.2, 0.25) is 0 Å². The SMILES string of the molecule is Cc1ccc2nc(-c3ccc(-c4ccc(OCCC(C)C)cc4)c(F)c3)cc(C(=O)O)c2c1. The fourth-order valence-corrected chi connectivity index (χ4v) is 3.72. The summed E-state index contributed by atoms with van der Waals surface area (Å²) in [5.74, 6) is -0.108. The van der Waals surface area contributed by atoms with Gasteiger partial charge in [0.2, 0.25) is 0 Å². The molecular formula is C28H26FNO3. The first-order valence-corrected chi connectivity index (χ1v) is 11.0. The Balaban J connectivity index is 1.63. The molecule has 0 aliphatic carbocycles. The number of fused-ring (bicyclic) bond motifs is 1. The Labute approximate surface area is 192 Å². The Morgan fingerprint density at radius 1 is 1.00 bits per heavy atom. The second kappa shape index (κ2) is 9.41. The van der Waals surface area contributed by atoms with E-state index in [0.29, 0.717) is 40.2 Å². The van der Waals surface area contributed by atoms with Gasteiger partial charge in [-0.1, -0.05) is 49.7 Å². The summed E-state index contributed by atoms with van der Waals surface area (Å²) >= 11 is 0. The first-order chi connectivity index (χ1) is 15.8. The van der Waals surface area contributed by atoms with E-state index in [1.165, 1.54) is 12.1 Å². The fraction of sp³-hybridized carbons (Fsp3) is 0.214. The molecule has 33 heavy (non-hydrogen) atoms. The maximum Gasteiger partial charge on any atom is 0.336 e. The van der Waals surface area contributed by atoms with E-state index in [9.17, 15) is 9.90 Å². The Bertz CT molecular complexity index is 1310. The molecule has 4 aromatic rings. The van der Waals surface area contributed by atoms with Crippen LogP contribution in [0.4, 0.5) is 4.39 Å². The van der Waals surface area contributed by atoms with Gasteiger partial charge in [-0.25, -0.2) is 14.2 Å². The molecule has 0 amide bonds. The summed E-state index contributed by atoms with van der Waals surface area (Å²) in [5, 5.41) is 10.3. The number of carboxylic acids is 1. The third kappa shape index (κ3) is 5.03. The number of rotatable bonds is 7. The lowest BCUT2D eigenvalue weighted by atomic mass is 9.99. The number of nitrogens with zero attached hydrogens (tertiary/aromatic N) is 1. The van der Waals surface area contributed by atoms with Crippen LogP contribution in [0, 0.1) is 18.7 Å². The molecule has 0 aliphatic heterocycles. The van der Waals surface area contributed by atoms with E-state index in [1.54, 1.807) is 24.3 Å². The van der Waals surface area contributed by atoms with Gasteiger partial charge in [0.05, 0.1) is 23.4 Å². The third-order valence-electron chi connectivity index (χ3n) is 5.59. The van der Waals surface area contributed by atoms with Crippen LogP contribution in [0.3, 0.4) is 0 Å². The molecule has 4 nitrogen and oxygen atoms in total. The molecule has 0 saturated heterocycles. The zero-order valence-corrected chi connectivity index (χ0v) is 18.9. The largest absolute Gasteiger partial charge is 0.494 e. The molecule has 1 aromatic heterocycles. The van der Waals surface area contributed by atoms with Crippen molar-refractivity contribution in [1.29, 1.82) is 0 Å². The van der Waals surface area contributed by atoms with Crippen molar-refractivity contribution in [1.82, 2.24) is 4.98 Å². The fourth-order valence-electron chi connectivity index (χ4n) is 3.72. The monoisotopic (exact) mass is 443 g/mol. The number of halogens is 1. The summed E-state index contributed by atoms with van der Waals surface area (Å²) < 4.78 is 20.8. The molecule has 3 aromatic carbocycles. The number of aromatic nitrogens is 1. The standard InChI is InChI=1S/C28H26FNO3/c1-17(2)12-13-33-21-8-5-19(6-9-21)22-10-7-20(15-25(22)29)27-16-24(28(31)32)23-14-18(3)4-11-26(23)30-27/h4-11,14-17H,12-13H2,1-3H3,(H,31,32). The maximum absolute atomic E-state index is 15.1. The first kappa shape index (κ1) is 22.5. The van der Waals surface area contributed by atoms with Gasteiger partial charge in [-0.05, 0) is 61.2 Å². The average molecular weight is 444 g/mol. The van der Waals surface area contributed by atoms with Crippen molar-refractivity contribution in [3.63, 3.8) is 0 Å². The molecule has 0 saturated carbocycles. The minimum absolute atomic E-state index is 0.149. The van der Waals surface area contributed by atoms with E-state index in [2.05, 4.69) is 18.8 Å². The molecule has 0 aliphatic rings. The van der Waals surface area contributed by atoms with Crippen LogP contribution in [-0.2, 0) is 0 Å². The van der Waals surface area contributed by atoms with Crippen LogP contribution >= 0.6 is 0 Å². The quantitative estimate of drug-likeness (QED) is 0.330. The molecule has 0 fully saturated rings. The Kier molecular flexibility index (Phi) is 6.40. The van der Waals surface area contributed by atoms with E-state index in [-0.39, 0.29) is 5.56 Å². The zero-order chi connectivity index (χ0) is 23.5. The number of ether oxygens (including phenoxy) is 1. The van der Waals surface area contributed by atoms with Crippen LogP contribution in [0.25, 0.3) is 33.3 Å². The number of hydrogen-bond donors (Lipinski definition) is 1. The van der Waals surface area contributed by atoms with Crippen LogP contribution in [0.15, 0.2) is 66.7 Å². The van der Waals surface area contributed by atoms with Crippen molar-refractivity contribution in [2.24, 2.45) is 5.92 Å². The molecule has 0 spiro atoms. The number of carboxylic acid groups (broad SMARTS) is 1. The van der Waals surface area contributed by atoms with Crippen LogP contribution < -0.4 is 4.74 Å². The van der Waals surface area contributed by atoms with Crippen molar-refractivity contribution in [2.45, 2.75) is 27.2 Å². The number of carbonyl (C=O) groups is 1. The number of hydrogen-bond acceptors (Lipinski definition) is 3. The van der Waals surface area contributed by atoms with Crippen LogP contribution in [0.1, 0.15) is 36.2 Å². The van der Waals surface area contributed by atoms with Crippen LogP contribution in [0.5, 0.6) is 5.75 Å². The highest BCUT2D eigenvalue weighted by atomic mass is 19.1. The van der Waals surface area contributed by atoms with Gasteiger partial charge >= 0.3 is 5.97 Å². The van der Waals surface area contributed by atoms with Crippen molar-refractivity contribution in [2.75, 3.05) is 6.61 Å². The van der Waals surface area contributed by atoms with Gasteiger partial charge in [0.25, 0.3) is 0 Å². The molecular weight excluding hydrogens is 417 g/mol. The van der Waals surface area contributed by atoms with E-state index in [0.717, 1.165) is 23.3 Å². The molecule has 0 bridgehead atoms. The molecule has 1 N–H and O–H groups in total. The Hall–Kier alpha value is -3.73. The lowest BCUT2D eigenvalue weighted by Crippen LogP contribution is -2.01. The third-order valence-corrected chi connectivity index (χ3v) is 5.59. The summed E-state index contributed by atoms with van der Waals surface area (Å²) in [6, 6.07) is 19.2. The van der Waals surface area contributed by atoms with Crippen molar-refractivity contribution < 1.29 is 19.0 Å². The zero-order valence-electron chi connectivity index (χ0n) is 18.9. The summed E-state index contributed by atoms with van der Waals surface area (Å²) in [6.07, 6.45) is 0.976. The predicted octanol–water partition coefficient (Wildman–Crippen LogP) is 7.14.